The molecule has 0 aromatic carbocycles. The molecule has 1 aromatic rings. The van der Waals surface area contributed by atoms with E-state index < -0.39 is 6.10 Å². The van der Waals surface area contributed by atoms with Crippen molar-refractivity contribution in [3.05, 3.63) is 11.9 Å². The first kappa shape index (κ1) is 8.16. The van der Waals surface area contributed by atoms with E-state index >= 15 is 0 Å². The number of nitrogens with one attached hydrogen (secondary N) is 1. The highest BCUT2D eigenvalue weighted by Crippen LogP contribution is 2.05. The summed E-state index contributed by atoms with van der Waals surface area (Å²) in [7, 11) is 3.54. The first-order chi connectivity index (χ1) is 5.24. The molecule has 0 amide bonds. The fraction of sp³-hybridized carbons (Fsp3) is 0.667. The lowest BCUT2D eigenvalue weighted by molar-refractivity contribution is 0.173. The van der Waals surface area contributed by atoms with Crippen LogP contribution in [0.2, 0.25) is 0 Å². The van der Waals surface area contributed by atoms with Crippen molar-refractivity contribution in [2.45, 2.75) is 6.10 Å². The standard InChI is InChI=1S/C6H12N4O/c1-7-3-6(11)5-4-10(2)9-8-5/h4,6-7,11H,3H2,1-2H3. The molecule has 11 heavy (non-hydrogen) atoms. The number of aromatic nitrogens is 3. The molecule has 0 aliphatic rings. The maximum Gasteiger partial charge on any atom is 0.112 e. The van der Waals surface area contributed by atoms with Crippen molar-refractivity contribution in [3.8, 4) is 0 Å². The minimum absolute atomic E-state index is 0.499. The molecule has 1 heterocycles. The van der Waals surface area contributed by atoms with Crippen molar-refractivity contribution in [2.75, 3.05) is 13.6 Å². The van der Waals surface area contributed by atoms with E-state index in [0.717, 1.165) is 0 Å². The smallest absolute Gasteiger partial charge is 0.112 e. The zero-order chi connectivity index (χ0) is 8.27. The molecule has 0 aliphatic carbocycles. The van der Waals surface area contributed by atoms with Crippen LogP contribution in [-0.4, -0.2) is 33.7 Å². The van der Waals surface area contributed by atoms with Crippen LogP contribution in [0.5, 0.6) is 0 Å². The molecular formula is C6H12N4O. The van der Waals surface area contributed by atoms with Crippen molar-refractivity contribution < 1.29 is 5.11 Å². The average Bonchev–Trinajstić information content (AvgIpc) is 2.36. The van der Waals surface area contributed by atoms with Crippen LogP contribution >= 0.6 is 0 Å². The summed E-state index contributed by atoms with van der Waals surface area (Å²) in [6, 6.07) is 0. The molecule has 0 spiro atoms. The van der Waals surface area contributed by atoms with Gasteiger partial charge < -0.3 is 10.4 Å². The second-order valence-electron chi connectivity index (χ2n) is 2.39. The lowest BCUT2D eigenvalue weighted by Crippen LogP contribution is -2.16. The summed E-state index contributed by atoms with van der Waals surface area (Å²) in [6.07, 6.45) is 1.14. The van der Waals surface area contributed by atoms with E-state index in [4.69, 9.17) is 0 Å². The molecule has 1 aromatic heterocycles. The van der Waals surface area contributed by atoms with E-state index in [9.17, 15) is 5.11 Å². The van der Waals surface area contributed by atoms with E-state index in [1.807, 2.05) is 0 Å². The Morgan fingerprint density at radius 1 is 1.82 bits per heavy atom. The second kappa shape index (κ2) is 3.45. The minimum Gasteiger partial charge on any atom is -0.385 e. The summed E-state index contributed by atoms with van der Waals surface area (Å²) in [5.74, 6) is 0. The average molecular weight is 156 g/mol. The fourth-order valence-electron chi connectivity index (χ4n) is 0.816. The van der Waals surface area contributed by atoms with Crippen LogP contribution < -0.4 is 5.32 Å². The Hall–Kier alpha value is -0.940. The second-order valence-corrected chi connectivity index (χ2v) is 2.39. The number of hydrogen-bond donors (Lipinski definition) is 2. The number of aryl methyl sites for hydroxylation is 1. The number of nitrogens with zero attached hydrogens (tertiary/aromatic N) is 3. The summed E-state index contributed by atoms with van der Waals surface area (Å²) >= 11 is 0. The zero-order valence-corrected chi connectivity index (χ0v) is 6.65. The van der Waals surface area contributed by atoms with Crippen LogP contribution in [0.4, 0.5) is 0 Å². The van der Waals surface area contributed by atoms with Gasteiger partial charge in [0.15, 0.2) is 0 Å². The van der Waals surface area contributed by atoms with Gasteiger partial charge in [0, 0.05) is 13.6 Å². The summed E-state index contributed by atoms with van der Waals surface area (Å²) < 4.78 is 1.56. The Morgan fingerprint density at radius 2 is 2.55 bits per heavy atom. The van der Waals surface area contributed by atoms with Crippen LogP contribution in [0.3, 0.4) is 0 Å². The highest BCUT2D eigenvalue weighted by atomic mass is 16.3. The van der Waals surface area contributed by atoms with Crippen LogP contribution in [0, 0.1) is 0 Å². The van der Waals surface area contributed by atoms with Crippen LogP contribution in [-0.2, 0) is 7.05 Å². The lowest BCUT2D eigenvalue weighted by atomic mass is 10.3. The van der Waals surface area contributed by atoms with Gasteiger partial charge in [-0.05, 0) is 7.05 Å². The first-order valence-corrected chi connectivity index (χ1v) is 3.43. The molecule has 1 unspecified atom stereocenters. The Morgan fingerprint density at radius 3 is 3.00 bits per heavy atom. The Labute approximate surface area is 65.0 Å². The van der Waals surface area contributed by atoms with Crippen molar-refractivity contribution in [2.24, 2.45) is 7.05 Å². The predicted octanol–water partition coefficient (Wildman–Crippen LogP) is -0.932. The van der Waals surface area contributed by atoms with Gasteiger partial charge in [0.1, 0.15) is 11.8 Å². The van der Waals surface area contributed by atoms with Crippen LogP contribution in [0.15, 0.2) is 6.20 Å². The van der Waals surface area contributed by atoms with E-state index in [-0.39, 0.29) is 0 Å². The molecule has 5 heteroatoms. The van der Waals surface area contributed by atoms with Gasteiger partial charge in [-0.25, -0.2) is 0 Å². The first-order valence-electron chi connectivity index (χ1n) is 3.43. The van der Waals surface area contributed by atoms with Gasteiger partial charge in [-0.3, -0.25) is 4.68 Å². The van der Waals surface area contributed by atoms with Gasteiger partial charge in [-0.2, -0.15) is 0 Å². The largest absolute Gasteiger partial charge is 0.385 e. The number of likely N-dealkylation sites (N-methyl/N-ethyl adjacent to an activating group) is 1. The number of hydrogen-bond acceptors (Lipinski definition) is 4. The van der Waals surface area contributed by atoms with E-state index in [1.165, 1.54) is 0 Å². The maximum absolute atomic E-state index is 9.36. The third kappa shape index (κ3) is 1.99. The Bertz CT molecular complexity index is 222. The number of aliphatic hydroxyl groups excluding tert-OH is 1. The summed E-state index contributed by atoms with van der Waals surface area (Å²) in [4.78, 5) is 0. The summed E-state index contributed by atoms with van der Waals surface area (Å²) in [5, 5.41) is 19.7. The fourth-order valence-corrected chi connectivity index (χ4v) is 0.816. The topological polar surface area (TPSA) is 63.0 Å². The molecule has 5 nitrogen and oxygen atoms in total. The molecule has 0 fully saturated rings. The van der Waals surface area contributed by atoms with Crippen LogP contribution in [0.25, 0.3) is 0 Å². The molecule has 0 saturated heterocycles. The van der Waals surface area contributed by atoms with E-state index in [1.54, 1.807) is 25.0 Å². The summed E-state index contributed by atoms with van der Waals surface area (Å²) in [5.41, 5.74) is 0.599. The molecule has 62 valence electrons. The van der Waals surface area contributed by atoms with Crippen molar-refractivity contribution >= 4 is 0 Å². The molecule has 1 atom stereocenters. The maximum atomic E-state index is 9.36. The van der Waals surface area contributed by atoms with Gasteiger partial charge in [0.25, 0.3) is 0 Å². The minimum atomic E-state index is -0.561. The van der Waals surface area contributed by atoms with Gasteiger partial charge in [0.2, 0.25) is 0 Å². The molecule has 0 radical (unpaired) electrons. The SMILES string of the molecule is CNCC(O)c1cn(C)nn1. The van der Waals surface area contributed by atoms with Crippen molar-refractivity contribution in [1.29, 1.82) is 0 Å². The van der Waals surface area contributed by atoms with E-state index in [2.05, 4.69) is 15.6 Å². The zero-order valence-electron chi connectivity index (χ0n) is 6.65. The number of rotatable bonds is 3. The number of aliphatic hydroxyl groups is 1. The van der Waals surface area contributed by atoms with Gasteiger partial charge in [0.05, 0.1) is 6.20 Å². The molecule has 1 rings (SSSR count). The van der Waals surface area contributed by atoms with Gasteiger partial charge in [-0.15, -0.1) is 5.10 Å². The third-order valence-electron chi connectivity index (χ3n) is 1.36. The van der Waals surface area contributed by atoms with Gasteiger partial charge in [-0.1, -0.05) is 5.21 Å². The lowest BCUT2D eigenvalue weighted by Gasteiger charge is -2.03. The normalized spacial score (nSPS) is 13.4. The van der Waals surface area contributed by atoms with E-state index in [0.29, 0.717) is 12.2 Å². The summed E-state index contributed by atoms with van der Waals surface area (Å²) in [6.45, 7) is 0.499. The molecule has 0 aliphatic heterocycles. The Balaban J connectivity index is 2.60. The van der Waals surface area contributed by atoms with Crippen molar-refractivity contribution in [1.82, 2.24) is 20.3 Å². The van der Waals surface area contributed by atoms with Crippen molar-refractivity contribution in [3.63, 3.8) is 0 Å². The van der Waals surface area contributed by atoms with Crippen LogP contribution in [0.1, 0.15) is 11.8 Å². The van der Waals surface area contributed by atoms with Gasteiger partial charge >= 0.3 is 0 Å². The molecule has 2 N–H and O–H groups in total. The quantitative estimate of drug-likeness (QED) is 0.593. The monoisotopic (exact) mass is 156 g/mol. The Kier molecular flexibility index (Phi) is 2.56. The molecular weight excluding hydrogens is 144 g/mol. The third-order valence-corrected chi connectivity index (χ3v) is 1.36. The highest BCUT2D eigenvalue weighted by molar-refractivity contribution is 4.97. The molecule has 0 saturated carbocycles. The highest BCUT2D eigenvalue weighted by Gasteiger charge is 2.08. The molecule has 0 bridgehead atoms. The predicted molar refractivity (Wildman–Crippen MR) is 39.9 cm³/mol.